The Morgan fingerprint density at radius 2 is 2.04 bits per heavy atom. The second-order valence-electron chi connectivity index (χ2n) is 7.08. The molecule has 0 spiro atoms. The fourth-order valence-corrected chi connectivity index (χ4v) is 2.64. The third kappa shape index (κ3) is 4.48. The lowest BCUT2D eigenvalue weighted by atomic mass is 9.88. The molecule has 1 heterocycles. The lowest BCUT2D eigenvalue weighted by Crippen LogP contribution is -2.48. The molecule has 1 aromatic rings. The summed E-state index contributed by atoms with van der Waals surface area (Å²) >= 11 is 6.24. The van der Waals surface area contributed by atoms with Gasteiger partial charge in [-0.1, -0.05) is 25.4 Å². The van der Waals surface area contributed by atoms with E-state index in [1.54, 1.807) is 18.2 Å². The summed E-state index contributed by atoms with van der Waals surface area (Å²) in [5, 5.41) is 9.32. The first kappa shape index (κ1) is 18.7. The lowest BCUT2D eigenvalue weighted by Gasteiger charge is -2.31. The first-order chi connectivity index (χ1) is 11.2. The topological polar surface area (TPSA) is 70.2 Å². The molecule has 2 amide bonds. The Kier molecular flexibility index (Phi) is 5.88. The predicted molar refractivity (Wildman–Crippen MR) is 97.4 cm³/mol. The highest BCUT2D eigenvalue weighted by molar-refractivity contribution is 6.34. The summed E-state index contributed by atoms with van der Waals surface area (Å²) in [5.74, 6) is 0.0840. The Morgan fingerprint density at radius 1 is 1.38 bits per heavy atom. The summed E-state index contributed by atoms with van der Waals surface area (Å²) in [4.78, 5) is 24.6. The van der Waals surface area contributed by atoms with Crippen LogP contribution in [0.25, 0.3) is 0 Å². The molecule has 6 heteroatoms. The molecule has 1 unspecified atom stereocenters. The zero-order valence-electron chi connectivity index (χ0n) is 14.7. The molecule has 1 aliphatic rings. The van der Waals surface area contributed by atoms with Crippen molar-refractivity contribution in [3.63, 3.8) is 0 Å². The maximum Gasteiger partial charge on any atom is 0.253 e. The van der Waals surface area contributed by atoms with Gasteiger partial charge in [0, 0.05) is 17.1 Å². The molecule has 0 bridgehead atoms. The second kappa shape index (κ2) is 7.53. The Bertz CT molecular complexity index is 627. The van der Waals surface area contributed by atoms with E-state index in [1.807, 2.05) is 27.7 Å². The molecule has 3 N–H and O–H groups in total. The van der Waals surface area contributed by atoms with E-state index in [0.717, 1.165) is 19.5 Å². The number of carbonyl (C=O) groups is 2. The van der Waals surface area contributed by atoms with Crippen molar-refractivity contribution >= 4 is 29.1 Å². The Balaban J connectivity index is 2.03. The molecule has 1 saturated heterocycles. The molecule has 0 saturated carbocycles. The first-order valence-corrected chi connectivity index (χ1v) is 8.75. The molecule has 1 atom stereocenters. The van der Waals surface area contributed by atoms with Crippen molar-refractivity contribution in [1.29, 1.82) is 0 Å². The van der Waals surface area contributed by atoms with Crippen LogP contribution in [0.4, 0.5) is 5.69 Å². The highest BCUT2D eigenvalue weighted by Gasteiger charge is 2.29. The fourth-order valence-electron chi connectivity index (χ4n) is 2.37. The summed E-state index contributed by atoms with van der Waals surface area (Å²) in [6.07, 6.45) is 0.818. The van der Waals surface area contributed by atoms with Crippen molar-refractivity contribution in [3.8, 4) is 0 Å². The highest BCUT2D eigenvalue weighted by atomic mass is 35.5. The second-order valence-corrected chi connectivity index (χ2v) is 7.49. The van der Waals surface area contributed by atoms with Crippen LogP contribution < -0.4 is 16.0 Å². The van der Waals surface area contributed by atoms with Gasteiger partial charge in [0.15, 0.2) is 0 Å². The van der Waals surface area contributed by atoms with Crippen LogP contribution in [0.2, 0.25) is 5.02 Å². The molecular weight excluding hydrogens is 326 g/mol. The van der Waals surface area contributed by atoms with Crippen molar-refractivity contribution in [1.82, 2.24) is 10.6 Å². The number of rotatable bonds is 6. The standard InChI is InChI=1S/C18H26ClN3O2/c1-5-18(3,4)22-17(24)14-7-6-13(8-15(14)19)21-16(23)11(2)12-9-20-10-12/h6-8,11-12,20H,5,9-10H2,1-4H3,(H,21,23)(H,22,24). The smallest absolute Gasteiger partial charge is 0.253 e. The van der Waals surface area contributed by atoms with E-state index in [2.05, 4.69) is 16.0 Å². The molecule has 1 aliphatic heterocycles. The van der Waals surface area contributed by atoms with Gasteiger partial charge in [-0.25, -0.2) is 0 Å². The van der Waals surface area contributed by atoms with Crippen molar-refractivity contribution in [2.24, 2.45) is 11.8 Å². The van der Waals surface area contributed by atoms with Crippen LogP contribution in [-0.2, 0) is 4.79 Å². The molecule has 24 heavy (non-hydrogen) atoms. The van der Waals surface area contributed by atoms with Crippen molar-refractivity contribution in [2.45, 2.75) is 39.7 Å². The summed E-state index contributed by atoms with van der Waals surface area (Å²) in [5.41, 5.74) is 0.724. The molecule has 0 aliphatic carbocycles. The van der Waals surface area contributed by atoms with Gasteiger partial charge in [-0.3, -0.25) is 9.59 Å². The highest BCUT2D eigenvalue weighted by Crippen LogP contribution is 2.24. The van der Waals surface area contributed by atoms with Crippen molar-refractivity contribution in [2.75, 3.05) is 18.4 Å². The zero-order valence-corrected chi connectivity index (χ0v) is 15.5. The summed E-state index contributed by atoms with van der Waals surface area (Å²) < 4.78 is 0. The minimum Gasteiger partial charge on any atom is -0.347 e. The molecule has 1 aromatic carbocycles. The van der Waals surface area contributed by atoms with Crippen molar-refractivity contribution in [3.05, 3.63) is 28.8 Å². The van der Waals surface area contributed by atoms with Gasteiger partial charge in [0.1, 0.15) is 0 Å². The lowest BCUT2D eigenvalue weighted by molar-refractivity contribution is -0.121. The first-order valence-electron chi connectivity index (χ1n) is 8.37. The molecule has 2 rings (SSSR count). The van der Waals surface area contributed by atoms with Gasteiger partial charge in [-0.05, 0) is 57.5 Å². The number of hydrogen-bond acceptors (Lipinski definition) is 3. The van der Waals surface area contributed by atoms with Gasteiger partial charge in [0.25, 0.3) is 5.91 Å². The van der Waals surface area contributed by atoms with Crippen LogP contribution in [0, 0.1) is 11.8 Å². The number of anilines is 1. The van der Waals surface area contributed by atoms with Crippen LogP contribution in [0.3, 0.4) is 0 Å². The fraction of sp³-hybridized carbons (Fsp3) is 0.556. The average molecular weight is 352 g/mol. The normalized spacial score (nSPS) is 16.2. The quantitative estimate of drug-likeness (QED) is 0.737. The number of carbonyl (C=O) groups excluding carboxylic acids is 2. The van der Waals surface area contributed by atoms with Gasteiger partial charge in [-0.15, -0.1) is 0 Å². The molecular formula is C18H26ClN3O2. The van der Waals surface area contributed by atoms with Crippen LogP contribution in [0.1, 0.15) is 44.5 Å². The third-order valence-corrected chi connectivity index (χ3v) is 5.06. The Labute approximate surface area is 148 Å². The molecule has 132 valence electrons. The van der Waals surface area contributed by atoms with E-state index in [9.17, 15) is 9.59 Å². The van der Waals surface area contributed by atoms with E-state index in [1.165, 1.54) is 0 Å². The van der Waals surface area contributed by atoms with Crippen LogP contribution >= 0.6 is 11.6 Å². The summed E-state index contributed by atoms with van der Waals surface area (Å²) in [6, 6.07) is 4.98. The van der Waals surface area contributed by atoms with E-state index in [-0.39, 0.29) is 23.3 Å². The zero-order chi connectivity index (χ0) is 17.9. The van der Waals surface area contributed by atoms with E-state index < -0.39 is 0 Å². The maximum atomic E-state index is 12.3. The maximum absolute atomic E-state index is 12.3. The molecule has 5 nitrogen and oxygen atoms in total. The summed E-state index contributed by atoms with van der Waals surface area (Å²) in [7, 11) is 0. The monoisotopic (exact) mass is 351 g/mol. The van der Waals surface area contributed by atoms with Gasteiger partial charge in [0.05, 0.1) is 10.6 Å². The van der Waals surface area contributed by atoms with Crippen LogP contribution in [0.15, 0.2) is 18.2 Å². The number of amides is 2. The number of nitrogens with one attached hydrogen (secondary N) is 3. The SMILES string of the molecule is CCC(C)(C)NC(=O)c1ccc(NC(=O)C(C)C2CNC2)cc1Cl. The molecule has 0 radical (unpaired) electrons. The van der Waals surface area contributed by atoms with E-state index in [0.29, 0.717) is 22.2 Å². The number of benzene rings is 1. The largest absolute Gasteiger partial charge is 0.347 e. The third-order valence-electron chi connectivity index (χ3n) is 4.75. The van der Waals surface area contributed by atoms with Gasteiger partial charge >= 0.3 is 0 Å². The van der Waals surface area contributed by atoms with Crippen LogP contribution in [0.5, 0.6) is 0 Å². The van der Waals surface area contributed by atoms with Crippen molar-refractivity contribution < 1.29 is 9.59 Å². The molecule has 1 fully saturated rings. The Hall–Kier alpha value is -1.59. The summed E-state index contributed by atoms with van der Waals surface area (Å²) in [6.45, 7) is 9.62. The minimum atomic E-state index is -0.292. The van der Waals surface area contributed by atoms with Gasteiger partial charge < -0.3 is 16.0 Å². The van der Waals surface area contributed by atoms with Gasteiger partial charge in [-0.2, -0.15) is 0 Å². The minimum absolute atomic E-state index is 0.0260. The van der Waals surface area contributed by atoms with E-state index in [4.69, 9.17) is 11.6 Å². The van der Waals surface area contributed by atoms with Gasteiger partial charge in [0.2, 0.25) is 5.91 Å². The molecule has 0 aromatic heterocycles. The van der Waals surface area contributed by atoms with Crippen LogP contribution in [-0.4, -0.2) is 30.4 Å². The van der Waals surface area contributed by atoms with E-state index >= 15 is 0 Å². The average Bonchev–Trinajstić information content (AvgIpc) is 2.44. The predicted octanol–water partition coefficient (Wildman–Crippen LogP) is 3.05. The number of halogens is 1. The Morgan fingerprint density at radius 3 is 2.54 bits per heavy atom. The number of hydrogen-bond donors (Lipinski definition) is 3.